The Balaban J connectivity index is 1.58. The van der Waals surface area contributed by atoms with Crippen LogP contribution < -0.4 is 9.46 Å². The number of carbonyl (C=O) groups is 1. The van der Waals surface area contributed by atoms with Gasteiger partial charge in [-0.2, -0.15) is 4.72 Å². The summed E-state index contributed by atoms with van der Waals surface area (Å²) >= 11 is 12.3. The van der Waals surface area contributed by atoms with E-state index in [0.29, 0.717) is 5.56 Å². The van der Waals surface area contributed by atoms with Crippen molar-refractivity contribution in [3.63, 3.8) is 0 Å². The molecule has 1 aliphatic heterocycles. The normalized spacial score (nSPS) is 17.9. The number of hydrogen-bond donors (Lipinski definition) is 1. The van der Waals surface area contributed by atoms with Crippen molar-refractivity contribution in [2.75, 3.05) is 13.1 Å². The Labute approximate surface area is 227 Å². The van der Waals surface area contributed by atoms with Gasteiger partial charge in [0.05, 0.1) is 20.5 Å². The van der Waals surface area contributed by atoms with Crippen molar-refractivity contribution in [2.45, 2.75) is 29.8 Å². The number of sulfonamides is 1. The van der Waals surface area contributed by atoms with Crippen molar-refractivity contribution in [1.82, 2.24) is 9.62 Å². The number of nitrogens with zero attached hydrogens (tertiary/aromatic N) is 1. The number of ether oxygens (including phenoxy) is 2. The summed E-state index contributed by atoms with van der Waals surface area (Å²) in [5.41, 5.74) is -0.0831. The maximum Gasteiger partial charge on any atom is 0.573 e. The lowest BCUT2D eigenvalue weighted by atomic mass is 9.90. The number of carbonyl (C=O) groups excluding carboxylic acids is 1. The fraction of sp³-hybridized carbons (Fsp3) is 0.240. The third kappa shape index (κ3) is 6.71. The van der Waals surface area contributed by atoms with Gasteiger partial charge < -0.3 is 14.4 Å². The van der Waals surface area contributed by atoms with E-state index in [-0.39, 0.29) is 41.1 Å². The smallest absolute Gasteiger partial charge is 0.445 e. The molecule has 0 spiro atoms. The molecule has 38 heavy (non-hydrogen) atoms. The number of amides is 1. The van der Waals surface area contributed by atoms with Crippen LogP contribution in [0.15, 0.2) is 77.7 Å². The van der Waals surface area contributed by atoms with Crippen LogP contribution in [0.3, 0.4) is 0 Å². The van der Waals surface area contributed by atoms with Gasteiger partial charge in [-0.3, -0.25) is 0 Å². The Bertz CT molecular complexity index is 1410. The molecule has 0 bridgehead atoms. The summed E-state index contributed by atoms with van der Waals surface area (Å²) in [7, 11) is -4.28. The van der Waals surface area contributed by atoms with Crippen LogP contribution >= 0.6 is 23.2 Å². The molecule has 3 aromatic carbocycles. The molecule has 13 heteroatoms. The molecule has 1 saturated heterocycles. The number of alkyl halides is 3. The molecule has 7 nitrogen and oxygen atoms in total. The highest BCUT2D eigenvalue weighted by Crippen LogP contribution is 2.37. The number of likely N-dealkylation sites (tertiary alicyclic amines) is 1. The molecule has 1 atom stereocenters. The molecule has 1 heterocycles. The predicted octanol–water partition coefficient (Wildman–Crippen LogP) is 6.11. The van der Waals surface area contributed by atoms with Crippen LogP contribution in [0, 0.1) is 0 Å². The molecule has 0 aliphatic carbocycles. The number of benzene rings is 3. The minimum Gasteiger partial charge on any atom is -0.445 e. The van der Waals surface area contributed by atoms with Crippen LogP contribution in [0.5, 0.6) is 5.75 Å². The second-order valence-electron chi connectivity index (χ2n) is 8.55. The molecular formula is C25H21Cl2F3N2O5S. The quantitative estimate of drug-likeness (QED) is 0.360. The van der Waals surface area contributed by atoms with Gasteiger partial charge >= 0.3 is 12.5 Å². The Morgan fingerprint density at radius 1 is 1.00 bits per heavy atom. The van der Waals surface area contributed by atoms with Gasteiger partial charge in [-0.25, -0.2) is 13.2 Å². The first-order valence-electron chi connectivity index (χ1n) is 11.2. The van der Waals surface area contributed by atoms with E-state index in [2.05, 4.69) is 9.46 Å². The summed E-state index contributed by atoms with van der Waals surface area (Å²) in [5.74, 6) is -0.566. The number of halogens is 5. The maximum atomic E-state index is 13.3. The molecule has 1 amide bonds. The van der Waals surface area contributed by atoms with Crippen molar-refractivity contribution >= 4 is 39.3 Å². The zero-order valence-corrected chi connectivity index (χ0v) is 21.9. The lowest BCUT2D eigenvalue weighted by Crippen LogP contribution is -2.48. The maximum absolute atomic E-state index is 13.3. The van der Waals surface area contributed by atoms with Crippen LogP contribution in [0.2, 0.25) is 10.0 Å². The molecule has 0 unspecified atom stereocenters. The minimum atomic E-state index is -4.92. The average molecular weight is 589 g/mol. The first-order chi connectivity index (χ1) is 17.9. The monoisotopic (exact) mass is 588 g/mol. The van der Waals surface area contributed by atoms with Gasteiger partial charge in [-0.1, -0.05) is 59.6 Å². The van der Waals surface area contributed by atoms with E-state index >= 15 is 0 Å². The fourth-order valence-electron chi connectivity index (χ4n) is 4.08. The Morgan fingerprint density at radius 3 is 2.32 bits per heavy atom. The van der Waals surface area contributed by atoms with E-state index in [1.807, 2.05) is 18.2 Å². The van der Waals surface area contributed by atoms with E-state index in [0.717, 1.165) is 29.8 Å². The van der Waals surface area contributed by atoms with E-state index < -0.39 is 33.8 Å². The van der Waals surface area contributed by atoms with Gasteiger partial charge in [-0.15, -0.1) is 13.2 Å². The molecule has 1 aliphatic rings. The predicted molar refractivity (Wildman–Crippen MR) is 134 cm³/mol. The lowest BCUT2D eigenvalue weighted by Gasteiger charge is -2.31. The second-order valence-corrected chi connectivity index (χ2v) is 11.0. The Kier molecular flexibility index (Phi) is 8.12. The van der Waals surface area contributed by atoms with Crippen LogP contribution in [0.4, 0.5) is 18.0 Å². The van der Waals surface area contributed by atoms with Gasteiger partial charge in [0.25, 0.3) is 0 Å². The lowest BCUT2D eigenvalue weighted by molar-refractivity contribution is -0.274. The molecule has 0 aromatic heterocycles. The third-order valence-corrected chi connectivity index (χ3v) is 8.19. The second kappa shape index (κ2) is 11.0. The highest BCUT2D eigenvalue weighted by atomic mass is 35.5. The van der Waals surface area contributed by atoms with Gasteiger partial charge in [-0.05, 0) is 53.9 Å². The highest BCUT2D eigenvalue weighted by molar-refractivity contribution is 7.89. The van der Waals surface area contributed by atoms with E-state index in [1.54, 1.807) is 18.2 Å². The highest BCUT2D eigenvalue weighted by Gasteiger charge is 2.45. The summed E-state index contributed by atoms with van der Waals surface area (Å²) < 4.78 is 76.0. The topological polar surface area (TPSA) is 84.9 Å². The van der Waals surface area contributed by atoms with Crippen molar-refractivity contribution in [3.8, 4) is 5.75 Å². The molecule has 1 N–H and O–H groups in total. The Morgan fingerprint density at radius 2 is 1.68 bits per heavy atom. The van der Waals surface area contributed by atoms with Crippen LogP contribution in [0.1, 0.15) is 17.5 Å². The van der Waals surface area contributed by atoms with Crippen molar-refractivity contribution in [2.24, 2.45) is 0 Å². The van der Waals surface area contributed by atoms with Crippen LogP contribution in [-0.2, 0) is 26.9 Å². The average Bonchev–Trinajstić information content (AvgIpc) is 3.29. The first kappa shape index (κ1) is 28.0. The standard InChI is InChI=1S/C25H21Cl2F3N2O5S/c26-21-11-6-18(14-22(21)27)24(12-13-32(16-24)23(33)36-15-17-4-2-1-3-5-17)31-38(34,35)20-9-7-19(8-10-20)37-25(28,29)30/h1-11,14,31H,12-13,15-16H2/t24-/m0/s1. The minimum absolute atomic E-state index is 0.0357. The number of hydrogen-bond acceptors (Lipinski definition) is 5. The molecule has 202 valence electrons. The van der Waals surface area contributed by atoms with Gasteiger partial charge in [0.2, 0.25) is 10.0 Å². The molecular weight excluding hydrogens is 568 g/mol. The van der Waals surface area contributed by atoms with Crippen LogP contribution in [-0.4, -0.2) is 38.9 Å². The van der Waals surface area contributed by atoms with Crippen molar-refractivity contribution < 1.29 is 35.9 Å². The van der Waals surface area contributed by atoms with Crippen molar-refractivity contribution in [3.05, 3.63) is 94.0 Å². The molecule has 0 saturated carbocycles. The van der Waals surface area contributed by atoms with Gasteiger partial charge in [0.15, 0.2) is 0 Å². The van der Waals surface area contributed by atoms with Gasteiger partial charge in [0.1, 0.15) is 12.4 Å². The number of nitrogens with one attached hydrogen (secondary N) is 1. The zero-order valence-electron chi connectivity index (χ0n) is 19.5. The SMILES string of the molecule is O=C(OCc1ccccc1)N1CC[C@@](NS(=O)(=O)c2ccc(OC(F)(F)F)cc2)(c2ccc(Cl)c(Cl)c2)C1. The first-order valence-corrected chi connectivity index (χ1v) is 13.4. The van der Waals surface area contributed by atoms with E-state index in [4.69, 9.17) is 27.9 Å². The molecule has 3 aromatic rings. The van der Waals surface area contributed by atoms with Crippen LogP contribution in [0.25, 0.3) is 0 Å². The molecule has 1 fully saturated rings. The number of rotatable bonds is 7. The molecule has 4 rings (SSSR count). The summed E-state index contributed by atoms with van der Waals surface area (Å²) in [6, 6.07) is 17.4. The Hall–Kier alpha value is -2.99. The summed E-state index contributed by atoms with van der Waals surface area (Å²) in [5, 5.41) is 0.437. The summed E-state index contributed by atoms with van der Waals surface area (Å²) in [6.07, 6.45) is -5.39. The molecule has 0 radical (unpaired) electrons. The van der Waals surface area contributed by atoms with E-state index in [9.17, 15) is 26.4 Å². The van der Waals surface area contributed by atoms with Crippen molar-refractivity contribution in [1.29, 1.82) is 0 Å². The third-order valence-electron chi connectivity index (χ3n) is 5.90. The van der Waals surface area contributed by atoms with Gasteiger partial charge in [0, 0.05) is 13.1 Å². The van der Waals surface area contributed by atoms with E-state index in [1.165, 1.54) is 17.0 Å². The summed E-state index contributed by atoms with van der Waals surface area (Å²) in [4.78, 5) is 13.9. The zero-order chi connectivity index (χ0) is 27.6. The largest absolute Gasteiger partial charge is 0.573 e. The fourth-order valence-corrected chi connectivity index (χ4v) is 5.79. The summed E-state index contributed by atoms with van der Waals surface area (Å²) in [6.45, 7) is 0.107.